The summed E-state index contributed by atoms with van der Waals surface area (Å²) < 4.78 is 5.58. The van der Waals surface area contributed by atoms with Crippen LogP contribution in [-0.4, -0.2) is 20.3 Å². The maximum Gasteiger partial charge on any atom is 0.187 e. The van der Waals surface area contributed by atoms with E-state index in [4.69, 9.17) is 4.43 Å². The van der Waals surface area contributed by atoms with Crippen molar-refractivity contribution < 1.29 is 4.43 Å². The summed E-state index contributed by atoms with van der Waals surface area (Å²) in [5.41, 5.74) is 0. The first-order chi connectivity index (χ1) is 4.12. The minimum atomic E-state index is -1.25. The van der Waals surface area contributed by atoms with Crippen molar-refractivity contribution in [2.24, 2.45) is 0 Å². The van der Waals surface area contributed by atoms with E-state index in [1.165, 1.54) is 6.04 Å². The molecule has 0 heterocycles. The van der Waals surface area contributed by atoms with Crippen molar-refractivity contribution in [1.29, 1.82) is 0 Å². The first-order valence-corrected chi connectivity index (χ1v) is 7.56. The molecule has 0 rings (SSSR count). The van der Waals surface area contributed by atoms with E-state index < -0.39 is 8.32 Å². The van der Waals surface area contributed by atoms with Gasteiger partial charge in [-0.05, 0) is 26.1 Å². The van der Waals surface area contributed by atoms with Gasteiger partial charge in [0, 0.05) is 11.9 Å². The van der Waals surface area contributed by atoms with Gasteiger partial charge in [-0.25, -0.2) is 0 Å². The normalized spacial score (nSPS) is 12.0. The summed E-state index contributed by atoms with van der Waals surface area (Å²) in [5.74, 6) is 0. The molecule has 0 aliphatic rings. The predicted octanol–water partition coefficient (Wildman–Crippen LogP) is 2.62. The van der Waals surface area contributed by atoms with E-state index in [1.807, 2.05) is 0 Å². The van der Waals surface area contributed by atoms with Gasteiger partial charge in [0.05, 0.1) is 0 Å². The molecule has 0 spiro atoms. The Labute approximate surface area is 67.0 Å². The molecular weight excluding hydrogens is 196 g/mol. The SMILES string of the molecule is CCO[Si](C)(C)CCBr. The van der Waals surface area contributed by atoms with Crippen LogP contribution in [0.1, 0.15) is 6.92 Å². The third-order valence-corrected chi connectivity index (χ3v) is 4.88. The van der Waals surface area contributed by atoms with Crippen LogP contribution in [0, 0.1) is 0 Å². The Morgan fingerprint density at radius 3 is 2.33 bits per heavy atom. The molecule has 0 radical (unpaired) electrons. The maximum absolute atomic E-state index is 5.58. The van der Waals surface area contributed by atoms with Gasteiger partial charge in [0.15, 0.2) is 8.32 Å². The average molecular weight is 211 g/mol. The van der Waals surface area contributed by atoms with Gasteiger partial charge in [0.25, 0.3) is 0 Å². The second-order valence-corrected chi connectivity index (χ2v) is 7.73. The largest absolute Gasteiger partial charge is 0.418 e. The number of alkyl halides is 1. The molecule has 3 heteroatoms. The molecule has 9 heavy (non-hydrogen) atoms. The number of hydrogen-bond acceptors (Lipinski definition) is 1. The van der Waals surface area contributed by atoms with E-state index in [2.05, 4.69) is 35.9 Å². The fourth-order valence-electron chi connectivity index (χ4n) is 0.690. The molecule has 0 saturated heterocycles. The van der Waals surface area contributed by atoms with E-state index in [1.54, 1.807) is 0 Å². The van der Waals surface area contributed by atoms with Crippen molar-refractivity contribution in [1.82, 2.24) is 0 Å². The van der Waals surface area contributed by atoms with Crippen LogP contribution < -0.4 is 0 Å². The molecule has 0 amide bonds. The van der Waals surface area contributed by atoms with E-state index >= 15 is 0 Å². The second kappa shape index (κ2) is 4.47. The number of rotatable bonds is 4. The summed E-state index contributed by atoms with van der Waals surface area (Å²) in [5, 5.41) is 1.08. The molecule has 0 aliphatic carbocycles. The van der Waals surface area contributed by atoms with Gasteiger partial charge < -0.3 is 4.43 Å². The Bertz CT molecular complexity index is 67.5. The fourth-order valence-corrected chi connectivity index (χ4v) is 4.94. The van der Waals surface area contributed by atoms with E-state index in [9.17, 15) is 0 Å². The number of hydrogen-bond donors (Lipinski definition) is 0. The Balaban J connectivity index is 3.43. The van der Waals surface area contributed by atoms with Gasteiger partial charge in [-0.1, -0.05) is 15.9 Å². The van der Waals surface area contributed by atoms with Gasteiger partial charge in [0.2, 0.25) is 0 Å². The van der Waals surface area contributed by atoms with E-state index in [-0.39, 0.29) is 0 Å². The molecule has 0 unspecified atom stereocenters. The molecule has 0 aromatic carbocycles. The van der Waals surface area contributed by atoms with Crippen molar-refractivity contribution in [2.45, 2.75) is 26.1 Å². The molecule has 56 valence electrons. The quantitative estimate of drug-likeness (QED) is 0.513. The summed E-state index contributed by atoms with van der Waals surface area (Å²) in [7, 11) is -1.25. The van der Waals surface area contributed by atoms with Crippen LogP contribution in [0.25, 0.3) is 0 Å². The lowest BCUT2D eigenvalue weighted by atomic mass is 10.9. The average Bonchev–Trinajstić information content (AvgIpc) is 1.64. The lowest BCUT2D eigenvalue weighted by Crippen LogP contribution is -2.30. The van der Waals surface area contributed by atoms with Gasteiger partial charge in [-0.3, -0.25) is 0 Å². The van der Waals surface area contributed by atoms with Crippen LogP contribution >= 0.6 is 15.9 Å². The first kappa shape index (κ1) is 9.66. The van der Waals surface area contributed by atoms with Gasteiger partial charge in [-0.2, -0.15) is 0 Å². The molecule has 1 nitrogen and oxygen atoms in total. The zero-order chi connectivity index (χ0) is 7.33. The van der Waals surface area contributed by atoms with Gasteiger partial charge >= 0.3 is 0 Å². The van der Waals surface area contributed by atoms with Crippen LogP contribution in [0.5, 0.6) is 0 Å². The molecular formula is C6H15BrOSi. The molecule has 0 atom stereocenters. The highest BCUT2D eigenvalue weighted by molar-refractivity contribution is 9.09. The van der Waals surface area contributed by atoms with Gasteiger partial charge in [-0.15, -0.1) is 0 Å². The van der Waals surface area contributed by atoms with Crippen molar-refractivity contribution in [3.05, 3.63) is 0 Å². The van der Waals surface area contributed by atoms with Crippen molar-refractivity contribution >= 4 is 24.2 Å². The zero-order valence-corrected chi connectivity index (χ0v) is 8.99. The molecule has 0 N–H and O–H groups in total. The van der Waals surface area contributed by atoms with Crippen LogP contribution in [0.15, 0.2) is 0 Å². The summed E-state index contributed by atoms with van der Waals surface area (Å²) in [4.78, 5) is 0. The number of halogens is 1. The van der Waals surface area contributed by atoms with Gasteiger partial charge in [0.1, 0.15) is 0 Å². The Morgan fingerprint density at radius 1 is 1.44 bits per heavy atom. The van der Waals surface area contributed by atoms with Crippen molar-refractivity contribution in [3.63, 3.8) is 0 Å². The maximum atomic E-state index is 5.58. The summed E-state index contributed by atoms with van der Waals surface area (Å²) in [6.07, 6.45) is 0. The third-order valence-electron chi connectivity index (χ3n) is 1.23. The van der Waals surface area contributed by atoms with Crippen LogP contribution in [-0.2, 0) is 4.43 Å². The lowest BCUT2D eigenvalue weighted by molar-refractivity contribution is 0.330. The Hall–Kier alpha value is 0.657. The zero-order valence-electron chi connectivity index (χ0n) is 6.41. The Morgan fingerprint density at radius 2 is 2.00 bits per heavy atom. The topological polar surface area (TPSA) is 9.23 Å². The standard InChI is InChI=1S/C6H15BrOSi/c1-4-8-9(2,3)6-5-7/h4-6H2,1-3H3. The second-order valence-electron chi connectivity index (χ2n) is 2.63. The van der Waals surface area contributed by atoms with Crippen LogP contribution in [0.2, 0.25) is 19.1 Å². The smallest absolute Gasteiger partial charge is 0.187 e. The van der Waals surface area contributed by atoms with Crippen LogP contribution in [0.4, 0.5) is 0 Å². The molecule has 0 aliphatic heterocycles. The highest BCUT2D eigenvalue weighted by Crippen LogP contribution is 2.11. The van der Waals surface area contributed by atoms with Crippen LogP contribution in [0.3, 0.4) is 0 Å². The predicted molar refractivity (Wildman–Crippen MR) is 47.7 cm³/mol. The molecule has 0 aromatic heterocycles. The third kappa shape index (κ3) is 5.12. The minimum Gasteiger partial charge on any atom is -0.418 e. The molecule has 0 fully saturated rings. The molecule has 0 saturated carbocycles. The molecule has 0 bridgehead atoms. The monoisotopic (exact) mass is 210 g/mol. The summed E-state index contributed by atoms with van der Waals surface area (Å²) in [6, 6.07) is 1.21. The minimum absolute atomic E-state index is 0.867. The van der Waals surface area contributed by atoms with E-state index in [0.29, 0.717) is 0 Å². The lowest BCUT2D eigenvalue weighted by Gasteiger charge is -2.19. The van der Waals surface area contributed by atoms with Crippen molar-refractivity contribution in [2.75, 3.05) is 11.9 Å². The Kier molecular flexibility index (Phi) is 4.80. The highest BCUT2D eigenvalue weighted by atomic mass is 79.9. The fraction of sp³-hybridized carbons (Fsp3) is 1.00. The van der Waals surface area contributed by atoms with E-state index in [0.717, 1.165) is 11.9 Å². The van der Waals surface area contributed by atoms with Crippen molar-refractivity contribution in [3.8, 4) is 0 Å². The summed E-state index contributed by atoms with van der Waals surface area (Å²) in [6.45, 7) is 7.42. The highest BCUT2D eigenvalue weighted by Gasteiger charge is 2.19. The first-order valence-electron chi connectivity index (χ1n) is 3.32. The molecule has 0 aromatic rings. The summed E-state index contributed by atoms with van der Waals surface area (Å²) >= 11 is 3.41.